The third kappa shape index (κ3) is 4.51. The van der Waals surface area contributed by atoms with Gasteiger partial charge in [-0.2, -0.15) is 4.31 Å². The van der Waals surface area contributed by atoms with Gasteiger partial charge in [0.25, 0.3) is 0 Å². The molecule has 27 heavy (non-hydrogen) atoms. The molecule has 1 N–H and O–H groups in total. The van der Waals surface area contributed by atoms with Gasteiger partial charge < -0.3 is 5.32 Å². The molecule has 6 nitrogen and oxygen atoms in total. The van der Waals surface area contributed by atoms with E-state index < -0.39 is 10.0 Å². The van der Waals surface area contributed by atoms with Crippen LogP contribution in [-0.4, -0.2) is 36.7 Å². The number of halogens is 1. The van der Waals surface area contributed by atoms with Gasteiger partial charge >= 0.3 is 0 Å². The minimum Gasteiger partial charge on any atom is -0.352 e. The van der Waals surface area contributed by atoms with Gasteiger partial charge in [-0.3, -0.25) is 9.78 Å². The molecule has 0 bridgehead atoms. The topological polar surface area (TPSA) is 79.4 Å². The molecular formula is C19H22FN3O3S. The number of aryl methyl sites for hydroxylation is 1. The van der Waals surface area contributed by atoms with Crippen LogP contribution in [0.25, 0.3) is 0 Å². The number of nitrogens with zero attached hydrogens (tertiary/aromatic N) is 2. The van der Waals surface area contributed by atoms with E-state index >= 15 is 0 Å². The van der Waals surface area contributed by atoms with Gasteiger partial charge in [0.2, 0.25) is 15.9 Å². The van der Waals surface area contributed by atoms with Crippen LogP contribution in [0.4, 0.5) is 4.39 Å². The fourth-order valence-corrected chi connectivity index (χ4v) is 4.59. The first-order chi connectivity index (χ1) is 12.9. The van der Waals surface area contributed by atoms with Gasteiger partial charge in [-0.25, -0.2) is 12.8 Å². The molecular weight excluding hydrogens is 369 g/mol. The zero-order valence-electron chi connectivity index (χ0n) is 15.1. The van der Waals surface area contributed by atoms with E-state index in [4.69, 9.17) is 0 Å². The summed E-state index contributed by atoms with van der Waals surface area (Å²) in [6.07, 6.45) is 3.79. The Morgan fingerprint density at radius 3 is 2.67 bits per heavy atom. The van der Waals surface area contributed by atoms with Crippen LogP contribution in [0.3, 0.4) is 0 Å². The summed E-state index contributed by atoms with van der Waals surface area (Å²) in [7, 11) is -3.57. The summed E-state index contributed by atoms with van der Waals surface area (Å²) >= 11 is 0. The van der Waals surface area contributed by atoms with E-state index in [9.17, 15) is 17.6 Å². The summed E-state index contributed by atoms with van der Waals surface area (Å²) in [5, 5.41) is 2.86. The van der Waals surface area contributed by atoms with Crippen molar-refractivity contribution in [2.24, 2.45) is 5.92 Å². The predicted molar refractivity (Wildman–Crippen MR) is 98.7 cm³/mol. The van der Waals surface area contributed by atoms with Crippen LogP contribution in [0.2, 0.25) is 0 Å². The number of rotatable bonds is 5. The molecule has 1 aliphatic rings. The van der Waals surface area contributed by atoms with Crippen LogP contribution in [0.15, 0.2) is 47.6 Å². The molecule has 0 spiro atoms. The molecule has 0 radical (unpaired) electrons. The maximum absolute atomic E-state index is 13.3. The van der Waals surface area contributed by atoms with Crippen LogP contribution in [0, 0.1) is 18.7 Å². The normalized spacial score (nSPS) is 16.2. The lowest BCUT2D eigenvalue weighted by Crippen LogP contribution is -2.42. The van der Waals surface area contributed by atoms with E-state index in [1.807, 2.05) is 0 Å². The van der Waals surface area contributed by atoms with E-state index in [0.29, 0.717) is 38.0 Å². The number of aromatic nitrogens is 1. The lowest BCUT2D eigenvalue weighted by Gasteiger charge is -2.30. The van der Waals surface area contributed by atoms with Crippen molar-refractivity contribution < 1.29 is 17.6 Å². The van der Waals surface area contributed by atoms with Gasteiger partial charge in [0.1, 0.15) is 10.7 Å². The molecule has 8 heteroatoms. The fourth-order valence-electron chi connectivity index (χ4n) is 3.16. The van der Waals surface area contributed by atoms with E-state index in [1.165, 1.54) is 28.8 Å². The summed E-state index contributed by atoms with van der Waals surface area (Å²) in [4.78, 5) is 16.4. The molecule has 1 aromatic carbocycles. The second-order valence-electron chi connectivity index (χ2n) is 6.67. The third-order valence-electron chi connectivity index (χ3n) is 4.79. The van der Waals surface area contributed by atoms with Crippen molar-refractivity contribution >= 4 is 15.9 Å². The maximum atomic E-state index is 13.3. The molecule has 0 unspecified atom stereocenters. The fraction of sp³-hybridized carbons (Fsp3) is 0.368. The number of amides is 1. The molecule has 1 aromatic heterocycles. The number of nitrogens with one attached hydrogen (secondary N) is 1. The highest BCUT2D eigenvalue weighted by Crippen LogP contribution is 2.23. The van der Waals surface area contributed by atoms with Crippen LogP contribution < -0.4 is 5.32 Å². The summed E-state index contributed by atoms with van der Waals surface area (Å²) in [5.41, 5.74) is 1.37. The Labute approximate surface area is 158 Å². The zero-order chi connectivity index (χ0) is 19.4. The molecule has 0 atom stereocenters. The monoisotopic (exact) mass is 391 g/mol. The van der Waals surface area contributed by atoms with Crippen molar-refractivity contribution in [2.45, 2.75) is 31.2 Å². The lowest BCUT2D eigenvalue weighted by atomic mass is 9.97. The molecule has 1 fully saturated rings. The third-order valence-corrected chi connectivity index (χ3v) is 6.67. The Morgan fingerprint density at radius 1 is 1.30 bits per heavy atom. The highest BCUT2D eigenvalue weighted by molar-refractivity contribution is 7.89. The van der Waals surface area contributed by atoms with Gasteiger partial charge in [-0.05, 0) is 49.1 Å². The molecule has 1 saturated heterocycles. The maximum Gasteiger partial charge on any atom is 0.244 e. The van der Waals surface area contributed by atoms with E-state index in [2.05, 4.69) is 10.3 Å². The van der Waals surface area contributed by atoms with Crippen molar-refractivity contribution in [2.75, 3.05) is 13.1 Å². The summed E-state index contributed by atoms with van der Waals surface area (Å²) in [6, 6.07) is 7.85. The Hall–Kier alpha value is -2.32. The van der Waals surface area contributed by atoms with Gasteiger partial charge in [0, 0.05) is 37.9 Å². The zero-order valence-corrected chi connectivity index (χ0v) is 15.9. The lowest BCUT2D eigenvalue weighted by molar-refractivity contribution is -0.126. The molecule has 144 valence electrons. The number of carbonyl (C=O) groups is 1. The van der Waals surface area contributed by atoms with Crippen LogP contribution >= 0.6 is 0 Å². The number of hydrogen-bond acceptors (Lipinski definition) is 4. The van der Waals surface area contributed by atoms with Gasteiger partial charge in [-0.15, -0.1) is 0 Å². The molecule has 3 rings (SSSR count). The van der Waals surface area contributed by atoms with Crippen molar-refractivity contribution in [1.82, 2.24) is 14.6 Å². The quantitative estimate of drug-likeness (QED) is 0.848. The Bertz CT molecular complexity index is 911. The van der Waals surface area contributed by atoms with Crippen LogP contribution in [-0.2, 0) is 21.4 Å². The Kier molecular flexibility index (Phi) is 5.86. The van der Waals surface area contributed by atoms with E-state index in [0.717, 1.165) is 5.56 Å². The second kappa shape index (κ2) is 8.14. The first kappa shape index (κ1) is 19.4. The molecule has 0 saturated carbocycles. The smallest absolute Gasteiger partial charge is 0.244 e. The summed E-state index contributed by atoms with van der Waals surface area (Å²) in [5.74, 6) is -0.602. The number of piperidine rings is 1. The minimum atomic E-state index is -3.57. The van der Waals surface area contributed by atoms with Crippen LogP contribution in [0.1, 0.15) is 24.0 Å². The molecule has 2 aromatic rings. The van der Waals surface area contributed by atoms with Crippen molar-refractivity contribution in [3.05, 3.63) is 59.7 Å². The number of pyridine rings is 1. The molecule has 1 amide bonds. The predicted octanol–water partition coefficient (Wildman–Crippen LogP) is 2.25. The SMILES string of the molecule is Cc1cc(CNC(=O)C2CCN(S(=O)(=O)c3cccnc3)CC2)ccc1F. The first-order valence-corrected chi connectivity index (χ1v) is 10.2. The van der Waals surface area contributed by atoms with Gasteiger partial charge in [0.15, 0.2) is 0 Å². The number of sulfonamides is 1. The highest BCUT2D eigenvalue weighted by atomic mass is 32.2. The van der Waals surface area contributed by atoms with Crippen molar-refractivity contribution in [3.63, 3.8) is 0 Å². The molecule has 1 aliphatic heterocycles. The summed E-state index contributed by atoms with van der Waals surface area (Å²) < 4.78 is 39.9. The first-order valence-electron chi connectivity index (χ1n) is 8.81. The average Bonchev–Trinajstić information content (AvgIpc) is 2.69. The second-order valence-corrected chi connectivity index (χ2v) is 8.61. The molecule has 2 heterocycles. The van der Waals surface area contributed by atoms with Gasteiger partial charge in [-0.1, -0.05) is 12.1 Å². The standard InChI is InChI=1S/C19H22FN3O3S/c1-14-11-15(4-5-18(14)20)12-22-19(24)16-6-9-23(10-7-16)27(25,26)17-3-2-8-21-13-17/h2-5,8,11,13,16H,6-7,9-10,12H2,1H3,(H,22,24). The Balaban J connectivity index is 1.54. The minimum absolute atomic E-state index is 0.101. The van der Waals surface area contributed by atoms with Crippen LogP contribution in [0.5, 0.6) is 0 Å². The number of hydrogen-bond donors (Lipinski definition) is 1. The summed E-state index contributed by atoms with van der Waals surface area (Å²) in [6.45, 7) is 2.60. The van der Waals surface area contributed by atoms with Crippen molar-refractivity contribution in [3.8, 4) is 0 Å². The Morgan fingerprint density at radius 2 is 2.04 bits per heavy atom. The highest BCUT2D eigenvalue weighted by Gasteiger charge is 2.32. The van der Waals surface area contributed by atoms with E-state index in [-0.39, 0.29) is 22.5 Å². The average molecular weight is 391 g/mol. The number of benzene rings is 1. The van der Waals surface area contributed by atoms with Crippen molar-refractivity contribution in [1.29, 1.82) is 0 Å². The van der Waals surface area contributed by atoms with E-state index in [1.54, 1.807) is 25.1 Å². The molecule has 0 aliphatic carbocycles. The largest absolute Gasteiger partial charge is 0.352 e. The number of carbonyl (C=O) groups excluding carboxylic acids is 1. The van der Waals surface area contributed by atoms with Gasteiger partial charge in [0.05, 0.1) is 0 Å².